The summed E-state index contributed by atoms with van der Waals surface area (Å²) in [6, 6.07) is 0. The Hall–Kier alpha value is -1.20. The van der Waals surface area contributed by atoms with Gasteiger partial charge in [-0.15, -0.1) is 13.2 Å². The van der Waals surface area contributed by atoms with E-state index in [0.717, 1.165) is 6.20 Å². The van der Waals surface area contributed by atoms with Crippen LogP contribution in [0.2, 0.25) is 0 Å². The smallest absolute Gasteiger partial charge is 0.400 e. The van der Waals surface area contributed by atoms with Gasteiger partial charge in [0.15, 0.2) is 0 Å². The number of aromatic nitrogens is 1. The third-order valence-corrected chi connectivity index (χ3v) is 0.585. The number of alkyl halides is 3. The Morgan fingerprint density at radius 1 is 1.60 bits per heavy atom. The van der Waals surface area contributed by atoms with Crippen molar-refractivity contribution in [3.63, 3.8) is 0 Å². The number of ether oxygens (including phenoxy) is 1. The van der Waals surface area contributed by atoms with Crippen molar-refractivity contribution >= 4 is 0 Å². The van der Waals surface area contributed by atoms with E-state index in [1.807, 2.05) is 0 Å². The van der Waals surface area contributed by atoms with Crippen LogP contribution in [0, 0.1) is 6.39 Å². The Bertz CT molecular complexity index is 193. The van der Waals surface area contributed by atoms with Crippen LogP contribution in [0.3, 0.4) is 0 Å². The molecule has 0 saturated carbocycles. The molecule has 0 aromatic carbocycles. The van der Waals surface area contributed by atoms with Gasteiger partial charge >= 0.3 is 12.3 Å². The van der Waals surface area contributed by atoms with Crippen molar-refractivity contribution in [3.8, 4) is 5.95 Å². The average molecular weight is 152 g/mol. The van der Waals surface area contributed by atoms with Crippen LogP contribution in [-0.2, 0) is 0 Å². The van der Waals surface area contributed by atoms with Crippen LogP contribution in [0.25, 0.3) is 0 Å². The molecule has 0 aliphatic carbocycles. The van der Waals surface area contributed by atoms with Gasteiger partial charge in [0, 0.05) is 0 Å². The molecule has 0 unspecified atom stereocenters. The largest absolute Gasteiger partial charge is 0.575 e. The highest BCUT2D eigenvalue weighted by molar-refractivity contribution is 4.94. The molecule has 0 bridgehead atoms. The molecule has 0 saturated heterocycles. The van der Waals surface area contributed by atoms with Crippen LogP contribution < -0.4 is 4.74 Å². The van der Waals surface area contributed by atoms with Crippen LogP contribution in [-0.4, -0.2) is 11.3 Å². The highest BCUT2D eigenvalue weighted by Crippen LogP contribution is 2.20. The van der Waals surface area contributed by atoms with E-state index in [1.54, 1.807) is 6.39 Å². The van der Waals surface area contributed by atoms with Gasteiger partial charge in [0.05, 0.1) is 0 Å². The molecule has 10 heavy (non-hydrogen) atoms. The average Bonchev–Trinajstić information content (AvgIpc) is 2.12. The van der Waals surface area contributed by atoms with Crippen LogP contribution in [0.15, 0.2) is 10.6 Å². The van der Waals surface area contributed by atoms with Gasteiger partial charge in [-0.1, -0.05) is 0 Å². The third kappa shape index (κ3) is 1.96. The lowest BCUT2D eigenvalue weighted by Crippen LogP contribution is -2.16. The summed E-state index contributed by atoms with van der Waals surface area (Å²) in [6.07, 6.45) is -2.16. The molecule has 0 aliphatic heterocycles. The molecular formula is C4HF3NO2. The standard InChI is InChI=1S/C4HF3NO2/c5-4(6,7)10-3-1-8-2-9-3/h1H. The molecule has 3 nitrogen and oxygen atoms in total. The van der Waals surface area contributed by atoms with Crippen molar-refractivity contribution in [2.45, 2.75) is 6.36 Å². The van der Waals surface area contributed by atoms with Crippen LogP contribution in [0.4, 0.5) is 13.2 Å². The molecule has 6 heteroatoms. The monoisotopic (exact) mass is 152 g/mol. The van der Waals surface area contributed by atoms with E-state index < -0.39 is 12.3 Å². The van der Waals surface area contributed by atoms with E-state index in [9.17, 15) is 13.2 Å². The van der Waals surface area contributed by atoms with E-state index >= 15 is 0 Å². The van der Waals surface area contributed by atoms with Gasteiger partial charge in [0.25, 0.3) is 6.39 Å². The number of halogens is 3. The molecule has 1 rings (SSSR count). The lowest BCUT2D eigenvalue weighted by atomic mass is 10.9. The second kappa shape index (κ2) is 2.20. The van der Waals surface area contributed by atoms with Crippen molar-refractivity contribution < 1.29 is 22.3 Å². The minimum absolute atomic E-state index is 0.715. The first-order chi connectivity index (χ1) is 4.58. The molecule has 0 amide bonds. The van der Waals surface area contributed by atoms with E-state index in [0.29, 0.717) is 0 Å². The van der Waals surface area contributed by atoms with Crippen molar-refractivity contribution in [2.24, 2.45) is 0 Å². The summed E-state index contributed by atoms with van der Waals surface area (Å²) in [4.78, 5) is 3.09. The maximum absolute atomic E-state index is 11.3. The van der Waals surface area contributed by atoms with Crippen LogP contribution >= 0.6 is 0 Å². The molecule has 1 radical (unpaired) electrons. The Morgan fingerprint density at radius 3 is 2.70 bits per heavy atom. The number of hydrogen-bond acceptors (Lipinski definition) is 3. The van der Waals surface area contributed by atoms with Gasteiger partial charge in [0.1, 0.15) is 6.20 Å². The van der Waals surface area contributed by atoms with E-state index in [4.69, 9.17) is 0 Å². The van der Waals surface area contributed by atoms with E-state index in [1.165, 1.54) is 0 Å². The topological polar surface area (TPSA) is 35.3 Å². The molecule has 1 aromatic rings. The fourth-order valence-electron chi connectivity index (χ4n) is 0.338. The Balaban J connectivity index is 2.57. The summed E-state index contributed by atoms with van der Waals surface area (Å²) in [6.45, 7) is 0. The molecule has 1 aromatic heterocycles. The van der Waals surface area contributed by atoms with Crippen molar-refractivity contribution in [1.29, 1.82) is 0 Å². The number of hydrogen-bond donors (Lipinski definition) is 0. The van der Waals surface area contributed by atoms with Crippen LogP contribution in [0.1, 0.15) is 0 Å². The normalized spacial score (nSPS) is 11.5. The molecule has 0 fully saturated rings. The summed E-state index contributed by atoms with van der Waals surface area (Å²) in [5, 5.41) is 0. The fourth-order valence-corrected chi connectivity index (χ4v) is 0.338. The predicted molar refractivity (Wildman–Crippen MR) is 22.0 cm³/mol. The van der Waals surface area contributed by atoms with Gasteiger partial charge in [-0.05, 0) is 0 Å². The van der Waals surface area contributed by atoms with Crippen molar-refractivity contribution in [3.05, 3.63) is 12.6 Å². The molecule has 55 valence electrons. The molecule has 1 heterocycles. The molecule has 0 aliphatic rings. The minimum Gasteiger partial charge on any atom is -0.400 e. The maximum Gasteiger partial charge on any atom is 0.575 e. The Morgan fingerprint density at radius 2 is 2.30 bits per heavy atom. The number of rotatable bonds is 1. The highest BCUT2D eigenvalue weighted by atomic mass is 19.4. The zero-order valence-electron chi connectivity index (χ0n) is 4.47. The lowest BCUT2D eigenvalue weighted by molar-refractivity contribution is -0.280. The second-order valence-corrected chi connectivity index (χ2v) is 1.32. The highest BCUT2D eigenvalue weighted by Gasteiger charge is 2.32. The second-order valence-electron chi connectivity index (χ2n) is 1.32. The lowest BCUT2D eigenvalue weighted by Gasteiger charge is -2.02. The first-order valence-electron chi connectivity index (χ1n) is 2.15. The Kier molecular flexibility index (Phi) is 1.52. The van der Waals surface area contributed by atoms with Crippen molar-refractivity contribution in [1.82, 2.24) is 4.98 Å². The quantitative estimate of drug-likeness (QED) is 0.609. The van der Waals surface area contributed by atoms with Gasteiger partial charge in [-0.3, -0.25) is 0 Å². The third-order valence-electron chi connectivity index (χ3n) is 0.585. The Labute approximate surface area is 53.4 Å². The molecule has 0 spiro atoms. The zero-order chi connectivity index (χ0) is 7.61. The van der Waals surface area contributed by atoms with Gasteiger partial charge in [-0.2, -0.15) is 0 Å². The van der Waals surface area contributed by atoms with E-state index in [2.05, 4.69) is 14.1 Å². The number of oxazole rings is 1. The predicted octanol–water partition coefficient (Wildman–Crippen LogP) is 1.37. The summed E-state index contributed by atoms with van der Waals surface area (Å²) in [5.41, 5.74) is 0. The first-order valence-corrected chi connectivity index (χ1v) is 2.15. The molecule has 0 N–H and O–H groups in total. The van der Waals surface area contributed by atoms with Crippen molar-refractivity contribution in [2.75, 3.05) is 0 Å². The van der Waals surface area contributed by atoms with Gasteiger partial charge in [0.2, 0.25) is 0 Å². The van der Waals surface area contributed by atoms with Gasteiger partial charge in [-0.25, -0.2) is 4.98 Å². The van der Waals surface area contributed by atoms with E-state index in [-0.39, 0.29) is 0 Å². The van der Waals surface area contributed by atoms with Gasteiger partial charge < -0.3 is 9.15 Å². The fraction of sp³-hybridized carbons (Fsp3) is 0.250. The van der Waals surface area contributed by atoms with Crippen LogP contribution in [0.5, 0.6) is 5.95 Å². The SMILES string of the molecule is FC(F)(F)Oc1cn[c]o1. The molecular weight excluding hydrogens is 151 g/mol. The minimum atomic E-state index is -4.73. The summed E-state index contributed by atoms with van der Waals surface area (Å²) in [7, 11) is 0. The molecule has 0 atom stereocenters. The first kappa shape index (κ1) is 6.91. The summed E-state index contributed by atoms with van der Waals surface area (Å²) < 4.78 is 41.2. The summed E-state index contributed by atoms with van der Waals surface area (Å²) >= 11 is 0. The maximum atomic E-state index is 11.3. The summed E-state index contributed by atoms with van der Waals surface area (Å²) in [5.74, 6) is -0.715. The number of nitrogens with zero attached hydrogens (tertiary/aromatic N) is 1. The zero-order valence-corrected chi connectivity index (χ0v) is 4.47.